The Morgan fingerprint density at radius 3 is 2.61 bits per heavy atom. The van der Waals surface area contributed by atoms with Crippen molar-refractivity contribution in [3.05, 3.63) is 81.2 Å². The molecule has 0 fully saturated rings. The lowest BCUT2D eigenvalue weighted by Gasteiger charge is -2.13. The predicted molar refractivity (Wildman–Crippen MR) is 106 cm³/mol. The van der Waals surface area contributed by atoms with Gasteiger partial charge in [-0.25, -0.2) is 0 Å². The van der Waals surface area contributed by atoms with Crippen molar-refractivity contribution in [2.75, 3.05) is 5.43 Å². The molecule has 0 aliphatic carbocycles. The first kappa shape index (κ1) is 22.2. The van der Waals surface area contributed by atoms with E-state index in [0.717, 1.165) is 11.8 Å². The molecule has 0 aliphatic rings. The van der Waals surface area contributed by atoms with E-state index >= 15 is 0 Å². The van der Waals surface area contributed by atoms with E-state index in [9.17, 15) is 28.1 Å². The van der Waals surface area contributed by atoms with Crippen molar-refractivity contribution >= 4 is 29.0 Å². The topological polar surface area (TPSA) is 110 Å². The average Bonchev–Trinajstić information content (AvgIpc) is 3.15. The zero-order chi connectivity index (χ0) is 22.6. The van der Waals surface area contributed by atoms with E-state index in [-0.39, 0.29) is 11.3 Å². The van der Waals surface area contributed by atoms with Gasteiger partial charge in [0.1, 0.15) is 11.4 Å². The Kier molecular flexibility index (Phi) is 6.49. The number of alkyl halides is 3. The summed E-state index contributed by atoms with van der Waals surface area (Å²) in [7, 11) is 0. The number of carbonyl (C=O) groups is 1. The van der Waals surface area contributed by atoms with E-state index in [4.69, 9.17) is 4.52 Å². The highest BCUT2D eigenvalue weighted by Gasteiger charge is 2.33. The van der Waals surface area contributed by atoms with Crippen molar-refractivity contribution in [1.82, 2.24) is 10.6 Å². The fraction of sp³-hybridized carbons (Fsp3) is 0.158. The molecule has 1 aromatic heterocycles. The van der Waals surface area contributed by atoms with Crippen molar-refractivity contribution in [2.45, 2.75) is 23.7 Å². The second-order valence-corrected chi connectivity index (χ2v) is 7.30. The van der Waals surface area contributed by atoms with Crippen molar-refractivity contribution in [3.63, 3.8) is 0 Å². The van der Waals surface area contributed by atoms with Crippen LogP contribution in [0.4, 0.5) is 24.5 Å². The van der Waals surface area contributed by atoms with E-state index in [1.165, 1.54) is 11.8 Å². The lowest BCUT2D eigenvalue weighted by molar-refractivity contribution is -0.384. The Bertz CT molecular complexity index is 1120. The normalized spacial score (nSPS) is 11.2. The molecule has 0 spiro atoms. The molecule has 0 saturated heterocycles. The largest absolute Gasteiger partial charge is 0.416 e. The summed E-state index contributed by atoms with van der Waals surface area (Å²) < 4.78 is 43.6. The van der Waals surface area contributed by atoms with Gasteiger partial charge in [-0.2, -0.15) is 13.2 Å². The van der Waals surface area contributed by atoms with Crippen LogP contribution in [0.1, 0.15) is 27.4 Å². The maximum Gasteiger partial charge on any atom is 0.416 e. The average molecular weight is 452 g/mol. The van der Waals surface area contributed by atoms with Crippen LogP contribution in [0, 0.1) is 17.0 Å². The van der Waals surface area contributed by atoms with E-state index < -0.39 is 28.3 Å². The molecule has 162 valence electrons. The number of benzene rings is 2. The Hall–Kier alpha value is -3.54. The van der Waals surface area contributed by atoms with Gasteiger partial charge in [0.25, 0.3) is 11.6 Å². The maximum absolute atomic E-state index is 12.8. The number of nitro groups is 1. The zero-order valence-corrected chi connectivity index (χ0v) is 16.7. The number of nitro benzene ring substituents is 1. The number of nitrogens with zero attached hydrogens (tertiary/aromatic N) is 2. The van der Waals surface area contributed by atoms with Crippen LogP contribution in [0.15, 0.2) is 57.9 Å². The number of halogens is 3. The van der Waals surface area contributed by atoms with Gasteiger partial charge in [0, 0.05) is 17.0 Å². The van der Waals surface area contributed by atoms with Crippen LogP contribution in [-0.4, -0.2) is 16.0 Å². The quantitative estimate of drug-likeness (QED) is 0.296. The Morgan fingerprint density at radius 2 is 1.97 bits per heavy atom. The minimum Gasteiger partial charge on any atom is -0.360 e. The summed E-state index contributed by atoms with van der Waals surface area (Å²) in [6.45, 7) is 1.78. The first-order chi connectivity index (χ1) is 14.6. The number of amides is 1. The minimum atomic E-state index is -4.73. The van der Waals surface area contributed by atoms with Gasteiger partial charge < -0.3 is 4.52 Å². The summed E-state index contributed by atoms with van der Waals surface area (Å²) >= 11 is 1.32. The van der Waals surface area contributed by atoms with E-state index in [1.807, 2.05) is 0 Å². The fourth-order valence-corrected chi connectivity index (χ4v) is 3.49. The third-order valence-corrected chi connectivity index (χ3v) is 5.11. The first-order valence-corrected chi connectivity index (χ1v) is 9.69. The lowest BCUT2D eigenvalue weighted by atomic mass is 10.1. The molecule has 0 bridgehead atoms. The SMILES string of the molecule is Cc1cc(CSc2ccccc2C(=O)NNc2ccc(C(F)(F)F)cc2[N+](=O)[O-])on1. The van der Waals surface area contributed by atoms with Gasteiger partial charge >= 0.3 is 6.18 Å². The van der Waals surface area contributed by atoms with Crippen molar-refractivity contribution in [1.29, 1.82) is 0 Å². The molecular weight excluding hydrogens is 437 g/mol. The van der Waals surface area contributed by atoms with Crippen LogP contribution >= 0.6 is 11.8 Å². The van der Waals surface area contributed by atoms with Gasteiger partial charge in [-0.05, 0) is 31.2 Å². The van der Waals surface area contributed by atoms with E-state index in [1.54, 1.807) is 37.3 Å². The second-order valence-electron chi connectivity index (χ2n) is 6.29. The summed E-state index contributed by atoms with van der Waals surface area (Å²) in [4.78, 5) is 23.4. The van der Waals surface area contributed by atoms with Gasteiger partial charge in [-0.3, -0.25) is 25.8 Å². The third-order valence-electron chi connectivity index (χ3n) is 4.01. The standard InChI is InChI=1S/C19H15F3N4O4S/c1-11-8-13(30-25-11)10-31-17-5-3-2-4-14(17)18(27)24-23-15-7-6-12(19(20,21)22)9-16(15)26(28)29/h2-9,23H,10H2,1H3,(H,24,27). The second kappa shape index (κ2) is 9.08. The van der Waals surface area contributed by atoms with Crippen LogP contribution < -0.4 is 10.9 Å². The van der Waals surface area contributed by atoms with Crippen LogP contribution in [0.3, 0.4) is 0 Å². The zero-order valence-electron chi connectivity index (χ0n) is 15.9. The smallest absolute Gasteiger partial charge is 0.360 e. The fourth-order valence-electron chi connectivity index (χ4n) is 2.57. The number of rotatable bonds is 7. The monoisotopic (exact) mass is 452 g/mol. The molecule has 0 atom stereocenters. The number of anilines is 1. The Labute approximate surface area is 177 Å². The van der Waals surface area contributed by atoms with Crippen LogP contribution in [0.5, 0.6) is 0 Å². The molecule has 0 unspecified atom stereocenters. The van der Waals surface area contributed by atoms with Crippen molar-refractivity contribution < 1.29 is 27.4 Å². The molecule has 1 amide bonds. The van der Waals surface area contributed by atoms with Gasteiger partial charge in [-0.1, -0.05) is 17.3 Å². The first-order valence-electron chi connectivity index (χ1n) is 8.71. The highest BCUT2D eigenvalue weighted by molar-refractivity contribution is 7.98. The third kappa shape index (κ3) is 5.54. The van der Waals surface area contributed by atoms with Crippen molar-refractivity contribution in [3.8, 4) is 0 Å². The molecule has 31 heavy (non-hydrogen) atoms. The summed E-state index contributed by atoms with van der Waals surface area (Å²) in [5, 5.41) is 14.9. The molecule has 0 radical (unpaired) electrons. The number of carbonyl (C=O) groups excluding carboxylic acids is 1. The molecule has 8 nitrogen and oxygen atoms in total. The highest BCUT2D eigenvalue weighted by atomic mass is 32.2. The number of hydrogen-bond acceptors (Lipinski definition) is 7. The molecule has 12 heteroatoms. The number of nitrogens with one attached hydrogen (secondary N) is 2. The minimum absolute atomic E-state index is 0.269. The van der Waals surface area contributed by atoms with Crippen LogP contribution in [0.25, 0.3) is 0 Å². The number of hydrogen-bond donors (Lipinski definition) is 2. The van der Waals surface area contributed by atoms with Gasteiger partial charge in [0.05, 0.1) is 27.5 Å². The van der Waals surface area contributed by atoms with Gasteiger partial charge in [0.15, 0.2) is 0 Å². The predicted octanol–water partition coefficient (Wildman–Crippen LogP) is 4.96. The molecule has 2 N–H and O–H groups in total. The van der Waals surface area contributed by atoms with Crippen LogP contribution in [-0.2, 0) is 11.9 Å². The van der Waals surface area contributed by atoms with Crippen LogP contribution in [0.2, 0.25) is 0 Å². The number of aromatic nitrogens is 1. The number of hydrazine groups is 1. The van der Waals surface area contributed by atoms with Gasteiger partial charge in [0.2, 0.25) is 0 Å². The lowest BCUT2D eigenvalue weighted by Crippen LogP contribution is -2.30. The van der Waals surface area contributed by atoms with Gasteiger partial charge in [-0.15, -0.1) is 11.8 Å². The number of thioether (sulfide) groups is 1. The summed E-state index contributed by atoms with van der Waals surface area (Å²) in [6, 6.07) is 10.4. The summed E-state index contributed by atoms with van der Waals surface area (Å²) in [5.74, 6) is 0.422. The Balaban J connectivity index is 1.73. The Morgan fingerprint density at radius 1 is 1.23 bits per heavy atom. The molecule has 0 saturated carbocycles. The van der Waals surface area contributed by atoms with E-state index in [2.05, 4.69) is 16.0 Å². The van der Waals surface area contributed by atoms with Crippen molar-refractivity contribution in [2.24, 2.45) is 0 Å². The molecule has 1 heterocycles. The summed E-state index contributed by atoms with van der Waals surface area (Å²) in [5.41, 5.74) is 3.34. The molecule has 3 rings (SSSR count). The highest BCUT2D eigenvalue weighted by Crippen LogP contribution is 2.35. The summed E-state index contributed by atoms with van der Waals surface area (Å²) in [6.07, 6.45) is -4.73. The number of aryl methyl sites for hydroxylation is 1. The molecule has 0 aliphatic heterocycles. The molecular formula is C19H15F3N4O4S. The molecule has 3 aromatic rings. The molecule has 2 aromatic carbocycles. The maximum atomic E-state index is 12.8. The van der Waals surface area contributed by atoms with E-state index in [0.29, 0.717) is 28.5 Å².